The standard InChI is InChI=1S/C13H9N3O3S2/c17-12-9-3-1-2-4-10(9)14-13(15-12)20-7-8-5-6-11(21-8)16(18)19/h1-6H,7H2,(H,14,15,17). The Morgan fingerprint density at radius 2 is 2.10 bits per heavy atom. The van der Waals surface area contributed by atoms with E-state index < -0.39 is 4.92 Å². The van der Waals surface area contributed by atoms with E-state index in [4.69, 9.17) is 0 Å². The van der Waals surface area contributed by atoms with Crippen LogP contribution in [-0.2, 0) is 5.75 Å². The van der Waals surface area contributed by atoms with Crippen molar-refractivity contribution < 1.29 is 4.92 Å². The van der Waals surface area contributed by atoms with Gasteiger partial charge in [-0.1, -0.05) is 35.2 Å². The summed E-state index contributed by atoms with van der Waals surface area (Å²) in [5.41, 5.74) is 0.459. The molecule has 106 valence electrons. The first-order valence-electron chi connectivity index (χ1n) is 5.98. The quantitative estimate of drug-likeness (QED) is 0.345. The van der Waals surface area contributed by atoms with Gasteiger partial charge in [0.2, 0.25) is 0 Å². The Hall–Kier alpha value is -2.19. The Bertz CT molecular complexity index is 872. The van der Waals surface area contributed by atoms with Crippen molar-refractivity contribution in [3.8, 4) is 0 Å². The topological polar surface area (TPSA) is 88.9 Å². The summed E-state index contributed by atoms with van der Waals surface area (Å²) >= 11 is 2.48. The van der Waals surface area contributed by atoms with E-state index in [2.05, 4.69) is 9.97 Å². The molecule has 6 nitrogen and oxygen atoms in total. The Morgan fingerprint density at radius 3 is 2.86 bits per heavy atom. The van der Waals surface area contributed by atoms with E-state index in [1.807, 2.05) is 6.07 Å². The molecule has 0 unspecified atom stereocenters. The van der Waals surface area contributed by atoms with Crippen LogP contribution < -0.4 is 5.56 Å². The maximum Gasteiger partial charge on any atom is 0.324 e. The maximum absolute atomic E-state index is 11.9. The highest BCUT2D eigenvalue weighted by atomic mass is 32.2. The lowest BCUT2D eigenvalue weighted by Gasteiger charge is -2.01. The third kappa shape index (κ3) is 2.96. The minimum Gasteiger partial charge on any atom is -0.301 e. The fourth-order valence-electron chi connectivity index (χ4n) is 1.82. The van der Waals surface area contributed by atoms with Crippen molar-refractivity contribution in [1.29, 1.82) is 0 Å². The van der Waals surface area contributed by atoms with E-state index in [0.717, 1.165) is 16.2 Å². The van der Waals surface area contributed by atoms with E-state index in [1.54, 1.807) is 24.3 Å². The van der Waals surface area contributed by atoms with E-state index in [1.165, 1.54) is 17.8 Å². The van der Waals surface area contributed by atoms with Crippen LogP contribution in [0.2, 0.25) is 0 Å². The van der Waals surface area contributed by atoms with Gasteiger partial charge in [0.1, 0.15) is 0 Å². The molecule has 3 rings (SSSR count). The molecule has 1 aromatic carbocycles. The van der Waals surface area contributed by atoms with Crippen LogP contribution in [-0.4, -0.2) is 14.9 Å². The van der Waals surface area contributed by atoms with Crippen molar-refractivity contribution >= 4 is 39.0 Å². The zero-order valence-electron chi connectivity index (χ0n) is 10.6. The zero-order valence-corrected chi connectivity index (χ0v) is 12.2. The SMILES string of the molecule is O=c1[nH]c(SCc2ccc([N+](=O)[O-])s2)nc2ccccc12. The van der Waals surface area contributed by atoms with Crippen LogP contribution in [0.25, 0.3) is 10.9 Å². The summed E-state index contributed by atoms with van der Waals surface area (Å²) in [6, 6.07) is 10.3. The Balaban J connectivity index is 1.81. The number of nitrogens with one attached hydrogen (secondary N) is 1. The Labute approximate surface area is 127 Å². The summed E-state index contributed by atoms with van der Waals surface area (Å²) in [7, 11) is 0. The van der Waals surface area contributed by atoms with Crippen molar-refractivity contribution in [1.82, 2.24) is 9.97 Å². The van der Waals surface area contributed by atoms with Crippen LogP contribution in [0.5, 0.6) is 0 Å². The van der Waals surface area contributed by atoms with Gasteiger partial charge in [-0.05, 0) is 18.2 Å². The van der Waals surface area contributed by atoms with E-state index in [0.29, 0.717) is 21.8 Å². The summed E-state index contributed by atoms with van der Waals surface area (Å²) in [6.07, 6.45) is 0. The summed E-state index contributed by atoms with van der Waals surface area (Å²) < 4.78 is 0. The first kappa shape index (κ1) is 13.8. The van der Waals surface area contributed by atoms with Crippen LogP contribution in [0.4, 0.5) is 5.00 Å². The first-order chi connectivity index (χ1) is 10.1. The second kappa shape index (κ2) is 5.66. The van der Waals surface area contributed by atoms with Gasteiger partial charge in [-0.15, -0.1) is 0 Å². The lowest BCUT2D eigenvalue weighted by atomic mass is 10.2. The number of fused-ring (bicyclic) bond motifs is 1. The molecule has 0 aliphatic rings. The normalized spacial score (nSPS) is 10.9. The number of rotatable bonds is 4. The van der Waals surface area contributed by atoms with Gasteiger partial charge in [0.25, 0.3) is 5.56 Å². The molecule has 0 spiro atoms. The van der Waals surface area contributed by atoms with E-state index >= 15 is 0 Å². The number of nitrogens with zero attached hydrogens (tertiary/aromatic N) is 2. The molecule has 2 aromatic heterocycles. The van der Waals surface area contributed by atoms with Crippen molar-refractivity contribution in [3.05, 3.63) is 61.7 Å². The number of nitro groups is 1. The number of aromatic amines is 1. The molecule has 0 aliphatic heterocycles. The summed E-state index contributed by atoms with van der Waals surface area (Å²) in [4.78, 5) is 30.1. The number of thiophene rings is 1. The van der Waals surface area contributed by atoms with E-state index in [-0.39, 0.29) is 10.6 Å². The molecule has 0 amide bonds. The van der Waals surface area contributed by atoms with E-state index in [9.17, 15) is 14.9 Å². The lowest BCUT2D eigenvalue weighted by Crippen LogP contribution is -2.08. The zero-order chi connectivity index (χ0) is 14.8. The number of aromatic nitrogens is 2. The molecular weight excluding hydrogens is 310 g/mol. The van der Waals surface area contributed by atoms with Gasteiger partial charge in [-0.3, -0.25) is 14.9 Å². The molecule has 0 atom stereocenters. The van der Waals surface area contributed by atoms with Gasteiger partial charge < -0.3 is 4.98 Å². The molecule has 8 heteroatoms. The highest BCUT2D eigenvalue weighted by molar-refractivity contribution is 7.98. The number of hydrogen-bond acceptors (Lipinski definition) is 6. The van der Waals surface area contributed by atoms with Crippen LogP contribution >= 0.6 is 23.1 Å². The fourth-order valence-corrected chi connectivity index (χ4v) is 3.55. The molecule has 2 heterocycles. The van der Waals surface area contributed by atoms with Crippen LogP contribution in [0.3, 0.4) is 0 Å². The fraction of sp³-hybridized carbons (Fsp3) is 0.0769. The van der Waals surface area contributed by atoms with Gasteiger partial charge >= 0.3 is 5.00 Å². The van der Waals surface area contributed by atoms with Crippen molar-refractivity contribution in [2.45, 2.75) is 10.9 Å². The highest BCUT2D eigenvalue weighted by Crippen LogP contribution is 2.29. The average molecular weight is 319 g/mol. The third-order valence-electron chi connectivity index (χ3n) is 2.77. The summed E-state index contributed by atoms with van der Waals surface area (Å²) in [6.45, 7) is 0. The number of H-pyrrole nitrogens is 1. The molecule has 0 bridgehead atoms. The molecule has 0 aliphatic carbocycles. The maximum atomic E-state index is 11.9. The van der Waals surface area contributed by atoms with Crippen LogP contribution in [0, 0.1) is 10.1 Å². The molecule has 0 saturated heterocycles. The van der Waals surface area contributed by atoms with Gasteiger partial charge in [-0.25, -0.2) is 4.98 Å². The summed E-state index contributed by atoms with van der Waals surface area (Å²) in [5, 5.41) is 11.8. The monoisotopic (exact) mass is 319 g/mol. The average Bonchev–Trinajstić information content (AvgIpc) is 2.94. The Kier molecular flexibility index (Phi) is 3.72. The molecule has 3 aromatic rings. The van der Waals surface area contributed by atoms with Crippen LogP contribution in [0.1, 0.15) is 4.88 Å². The molecular formula is C13H9N3O3S2. The second-order valence-corrected chi connectivity index (χ2v) is 6.28. The highest BCUT2D eigenvalue weighted by Gasteiger charge is 2.10. The van der Waals surface area contributed by atoms with Crippen molar-refractivity contribution in [2.24, 2.45) is 0 Å². The molecule has 0 fully saturated rings. The number of hydrogen-bond donors (Lipinski definition) is 1. The predicted octanol–water partition coefficient (Wildman–Crippen LogP) is 3.19. The predicted molar refractivity (Wildman–Crippen MR) is 82.9 cm³/mol. The summed E-state index contributed by atoms with van der Waals surface area (Å²) in [5.74, 6) is 0.528. The lowest BCUT2D eigenvalue weighted by molar-refractivity contribution is -0.380. The molecule has 0 radical (unpaired) electrons. The molecule has 0 saturated carbocycles. The smallest absolute Gasteiger partial charge is 0.301 e. The van der Waals surface area contributed by atoms with Gasteiger partial charge in [0.05, 0.1) is 15.8 Å². The van der Waals surface area contributed by atoms with Crippen LogP contribution in [0.15, 0.2) is 46.3 Å². The van der Waals surface area contributed by atoms with Gasteiger partial charge in [0.15, 0.2) is 5.16 Å². The van der Waals surface area contributed by atoms with Gasteiger partial charge in [-0.2, -0.15) is 0 Å². The molecule has 21 heavy (non-hydrogen) atoms. The second-order valence-electron chi connectivity index (χ2n) is 4.17. The molecule has 1 N–H and O–H groups in total. The minimum atomic E-state index is -0.408. The van der Waals surface area contributed by atoms with Crippen molar-refractivity contribution in [3.63, 3.8) is 0 Å². The first-order valence-corrected chi connectivity index (χ1v) is 7.78. The Morgan fingerprint density at radius 1 is 1.29 bits per heavy atom. The minimum absolute atomic E-state index is 0.116. The third-order valence-corrected chi connectivity index (χ3v) is 4.91. The number of thioether (sulfide) groups is 1. The van der Waals surface area contributed by atoms with Crippen molar-refractivity contribution in [2.75, 3.05) is 0 Å². The number of para-hydroxylation sites is 1. The largest absolute Gasteiger partial charge is 0.324 e. The van der Waals surface area contributed by atoms with Gasteiger partial charge in [0, 0.05) is 16.7 Å². The number of benzene rings is 1.